The summed E-state index contributed by atoms with van der Waals surface area (Å²) < 4.78 is 5.05. The van der Waals surface area contributed by atoms with Crippen LogP contribution in [-0.2, 0) is 4.74 Å². The lowest BCUT2D eigenvalue weighted by atomic mass is 10.1. The van der Waals surface area contributed by atoms with Crippen LogP contribution in [0.5, 0.6) is 0 Å². The smallest absolute Gasteiger partial charge is 0.407 e. The summed E-state index contributed by atoms with van der Waals surface area (Å²) in [4.78, 5) is 11.3. The number of amides is 1. The van der Waals surface area contributed by atoms with Crippen molar-refractivity contribution < 1.29 is 14.6 Å². The van der Waals surface area contributed by atoms with E-state index in [1.54, 1.807) is 33.8 Å². The predicted octanol–water partition coefficient (Wildman–Crippen LogP) is 1.84. The Labute approximate surface area is 91.3 Å². The number of hydrogen-bond donors (Lipinski definition) is 2. The van der Waals surface area contributed by atoms with E-state index in [1.807, 2.05) is 0 Å². The highest BCUT2D eigenvalue weighted by Gasteiger charge is 2.20. The van der Waals surface area contributed by atoms with Crippen molar-refractivity contribution in [1.82, 2.24) is 5.32 Å². The van der Waals surface area contributed by atoms with E-state index >= 15 is 0 Å². The molecule has 0 rings (SSSR count). The summed E-state index contributed by atoms with van der Waals surface area (Å²) in [6, 6.07) is -0.349. The van der Waals surface area contributed by atoms with E-state index in [-0.39, 0.29) is 6.04 Å². The first kappa shape index (κ1) is 14.0. The number of hydrogen-bond acceptors (Lipinski definition) is 3. The highest BCUT2D eigenvalue weighted by Crippen LogP contribution is 2.07. The number of carbonyl (C=O) groups is 1. The first-order chi connectivity index (χ1) is 6.76. The number of ether oxygens (including phenoxy) is 1. The average Bonchev–Trinajstić information content (AvgIpc) is 2.00. The summed E-state index contributed by atoms with van der Waals surface area (Å²) >= 11 is 0. The van der Waals surface area contributed by atoms with Gasteiger partial charge in [0.05, 0.1) is 12.1 Å². The van der Waals surface area contributed by atoms with Gasteiger partial charge in [-0.1, -0.05) is 6.08 Å². The summed E-state index contributed by atoms with van der Waals surface area (Å²) in [6.45, 7) is 10.6. The number of rotatable bonds is 4. The first-order valence-corrected chi connectivity index (χ1v) is 5.04. The van der Waals surface area contributed by atoms with Crippen molar-refractivity contribution in [2.45, 2.75) is 51.9 Å². The maximum atomic E-state index is 11.3. The molecular weight excluding hydrogens is 194 g/mol. The van der Waals surface area contributed by atoms with E-state index in [2.05, 4.69) is 11.9 Å². The van der Waals surface area contributed by atoms with Gasteiger partial charge in [-0.05, 0) is 34.1 Å². The number of nitrogens with one attached hydrogen (secondary N) is 1. The second kappa shape index (κ2) is 5.75. The fraction of sp³-hybridized carbons (Fsp3) is 0.727. The van der Waals surface area contributed by atoms with Crippen molar-refractivity contribution in [2.75, 3.05) is 0 Å². The fourth-order valence-electron chi connectivity index (χ4n) is 0.965. The van der Waals surface area contributed by atoms with E-state index in [0.717, 1.165) is 0 Å². The molecular formula is C11H21NO3. The molecule has 0 aromatic heterocycles. The van der Waals surface area contributed by atoms with Crippen LogP contribution in [0.4, 0.5) is 4.79 Å². The topological polar surface area (TPSA) is 58.6 Å². The van der Waals surface area contributed by atoms with Crippen molar-refractivity contribution in [1.29, 1.82) is 0 Å². The van der Waals surface area contributed by atoms with Gasteiger partial charge in [0.15, 0.2) is 0 Å². The van der Waals surface area contributed by atoms with E-state index in [1.165, 1.54) is 0 Å². The van der Waals surface area contributed by atoms with Gasteiger partial charge in [0.25, 0.3) is 0 Å². The zero-order valence-corrected chi connectivity index (χ0v) is 9.91. The Morgan fingerprint density at radius 1 is 1.60 bits per heavy atom. The summed E-state index contributed by atoms with van der Waals surface area (Å²) in [6.07, 6.45) is 0.905. The molecule has 0 aromatic carbocycles. The minimum atomic E-state index is -0.630. The molecule has 0 heterocycles. The first-order valence-electron chi connectivity index (χ1n) is 5.04. The number of alkyl carbamates (subject to hydrolysis) is 1. The van der Waals surface area contributed by atoms with Gasteiger partial charge in [-0.25, -0.2) is 4.79 Å². The Morgan fingerprint density at radius 3 is 2.53 bits per heavy atom. The molecule has 1 amide bonds. The molecule has 0 saturated carbocycles. The third kappa shape index (κ3) is 6.96. The van der Waals surface area contributed by atoms with Gasteiger partial charge in [-0.15, -0.1) is 6.58 Å². The van der Waals surface area contributed by atoms with Crippen LogP contribution < -0.4 is 5.32 Å². The molecule has 2 atom stereocenters. The summed E-state index contributed by atoms with van der Waals surface area (Å²) in [7, 11) is 0. The van der Waals surface area contributed by atoms with Crippen molar-refractivity contribution in [3.8, 4) is 0 Å². The lowest BCUT2D eigenvalue weighted by molar-refractivity contribution is 0.0439. The van der Waals surface area contributed by atoms with Gasteiger partial charge in [0.2, 0.25) is 0 Å². The molecule has 0 aliphatic rings. The monoisotopic (exact) mass is 215 g/mol. The van der Waals surface area contributed by atoms with Crippen molar-refractivity contribution in [3.63, 3.8) is 0 Å². The molecule has 0 radical (unpaired) electrons. The van der Waals surface area contributed by atoms with E-state index in [4.69, 9.17) is 4.74 Å². The van der Waals surface area contributed by atoms with Crippen LogP contribution in [0.25, 0.3) is 0 Å². The fourth-order valence-corrected chi connectivity index (χ4v) is 0.965. The third-order valence-electron chi connectivity index (χ3n) is 1.73. The van der Waals surface area contributed by atoms with Gasteiger partial charge in [0, 0.05) is 0 Å². The van der Waals surface area contributed by atoms with Gasteiger partial charge < -0.3 is 15.2 Å². The Balaban J connectivity index is 4.01. The normalized spacial score (nSPS) is 15.3. The second-order valence-electron chi connectivity index (χ2n) is 4.53. The number of aliphatic hydroxyl groups is 1. The summed E-state index contributed by atoms with van der Waals surface area (Å²) in [5.41, 5.74) is -0.521. The maximum Gasteiger partial charge on any atom is 0.407 e. The van der Waals surface area contributed by atoms with Gasteiger partial charge >= 0.3 is 6.09 Å². The predicted molar refractivity (Wildman–Crippen MR) is 59.7 cm³/mol. The largest absolute Gasteiger partial charge is 0.444 e. The Morgan fingerprint density at radius 2 is 2.13 bits per heavy atom. The minimum Gasteiger partial charge on any atom is -0.444 e. The highest BCUT2D eigenvalue weighted by atomic mass is 16.6. The standard InChI is InChI=1S/C11H21NO3/c1-6-7-9(13)8(2)12-10(14)15-11(3,4)5/h6,8-9,13H,1,7H2,2-5H3,(H,12,14)/t8-,9+/m0/s1. The Bertz CT molecular complexity index is 220. The van der Waals surface area contributed by atoms with Crippen LogP contribution in [0.1, 0.15) is 34.1 Å². The molecule has 0 aliphatic carbocycles. The van der Waals surface area contributed by atoms with Gasteiger partial charge in [-0.3, -0.25) is 0 Å². The van der Waals surface area contributed by atoms with E-state index < -0.39 is 17.8 Å². The van der Waals surface area contributed by atoms with Crippen LogP contribution in [0.3, 0.4) is 0 Å². The molecule has 15 heavy (non-hydrogen) atoms. The third-order valence-corrected chi connectivity index (χ3v) is 1.73. The lowest BCUT2D eigenvalue weighted by Crippen LogP contribution is -2.43. The van der Waals surface area contributed by atoms with Gasteiger partial charge in [0.1, 0.15) is 5.60 Å². The van der Waals surface area contributed by atoms with Crippen molar-refractivity contribution in [2.24, 2.45) is 0 Å². The number of aliphatic hydroxyl groups excluding tert-OH is 1. The molecule has 4 nitrogen and oxygen atoms in total. The van der Waals surface area contributed by atoms with E-state index in [9.17, 15) is 9.90 Å². The molecule has 4 heteroatoms. The van der Waals surface area contributed by atoms with Crippen molar-refractivity contribution in [3.05, 3.63) is 12.7 Å². The molecule has 0 spiro atoms. The minimum absolute atomic E-state index is 0.349. The van der Waals surface area contributed by atoms with Crippen LogP contribution in [0, 0.1) is 0 Å². The van der Waals surface area contributed by atoms with Crippen LogP contribution >= 0.6 is 0 Å². The SMILES string of the molecule is C=CC[C@@H](O)[C@H](C)NC(=O)OC(C)(C)C. The summed E-state index contributed by atoms with van der Waals surface area (Å²) in [5, 5.41) is 12.1. The Hall–Kier alpha value is -1.03. The molecule has 0 aromatic rings. The molecule has 0 saturated heterocycles. The van der Waals surface area contributed by atoms with E-state index in [0.29, 0.717) is 6.42 Å². The zero-order valence-electron chi connectivity index (χ0n) is 9.91. The highest BCUT2D eigenvalue weighted by molar-refractivity contribution is 5.68. The Kier molecular flexibility index (Phi) is 5.36. The van der Waals surface area contributed by atoms with Crippen LogP contribution in [0.15, 0.2) is 12.7 Å². The molecule has 0 fully saturated rings. The lowest BCUT2D eigenvalue weighted by Gasteiger charge is -2.23. The molecule has 0 aliphatic heterocycles. The zero-order chi connectivity index (χ0) is 12.1. The average molecular weight is 215 g/mol. The van der Waals surface area contributed by atoms with Crippen LogP contribution in [0.2, 0.25) is 0 Å². The second-order valence-corrected chi connectivity index (χ2v) is 4.53. The van der Waals surface area contributed by atoms with Crippen molar-refractivity contribution >= 4 is 6.09 Å². The molecule has 0 unspecified atom stereocenters. The molecule has 2 N–H and O–H groups in total. The summed E-state index contributed by atoms with van der Waals surface area (Å²) in [5.74, 6) is 0. The quantitative estimate of drug-likeness (QED) is 0.703. The van der Waals surface area contributed by atoms with Crippen LogP contribution in [-0.4, -0.2) is 28.9 Å². The molecule has 0 bridgehead atoms. The number of carbonyl (C=O) groups excluding carboxylic acids is 1. The maximum absolute atomic E-state index is 11.3. The van der Waals surface area contributed by atoms with Gasteiger partial charge in [-0.2, -0.15) is 0 Å². The molecule has 88 valence electrons.